The smallest absolute Gasteiger partial charge is 0.343 e. The molecular formula is C34H28N2O5. The third kappa shape index (κ3) is 6.78. The molecule has 5 rings (SSSR count). The van der Waals surface area contributed by atoms with Crippen LogP contribution in [0, 0.1) is 6.92 Å². The van der Waals surface area contributed by atoms with Crippen LogP contribution < -0.4 is 19.6 Å². The lowest BCUT2D eigenvalue weighted by molar-refractivity contribution is 0.0734. The van der Waals surface area contributed by atoms with Gasteiger partial charge < -0.3 is 14.2 Å². The van der Waals surface area contributed by atoms with Gasteiger partial charge in [-0.15, -0.1) is 0 Å². The molecule has 5 aromatic rings. The topological polar surface area (TPSA) is 86.2 Å². The molecule has 7 nitrogen and oxygen atoms in total. The van der Waals surface area contributed by atoms with E-state index in [1.807, 2.05) is 61.5 Å². The summed E-state index contributed by atoms with van der Waals surface area (Å²) in [5.41, 5.74) is 6.17. The van der Waals surface area contributed by atoms with Gasteiger partial charge in [0.1, 0.15) is 23.9 Å². The maximum absolute atomic E-state index is 12.8. The minimum absolute atomic E-state index is 0.317. The van der Waals surface area contributed by atoms with Crippen molar-refractivity contribution in [2.45, 2.75) is 13.5 Å². The highest BCUT2D eigenvalue weighted by atomic mass is 16.5. The second kappa shape index (κ2) is 12.6. The van der Waals surface area contributed by atoms with E-state index in [1.165, 1.54) is 11.8 Å². The van der Waals surface area contributed by atoms with Gasteiger partial charge >= 0.3 is 5.97 Å². The first-order valence-electron chi connectivity index (χ1n) is 13.0. The molecule has 1 N–H and O–H groups in total. The first-order valence-corrected chi connectivity index (χ1v) is 13.0. The van der Waals surface area contributed by atoms with Gasteiger partial charge in [0.25, 0.3) is 5.91 Å². The molecule has 0 saturated carbocycles. The molecule has 5 aromatic carbocycles. The summed E-state index contributed by atoms with van der Waals surface area (Å²) in [7, 11) is 1.56. The number of carbonyl (C=O) groups is 2. The number of nitrogens with zero attached hydrogens (tertiary/aromatic N) is 1. The first kappa shape index (κ1) is 27.1. The second-order valence-corrected chi connectivity index (χ2v) is 9.31. The second-order valence-electron chi connectivity index (χ2n) is 9.31. The van der Waals surface area contributed by atoms with Crippen molar-refractivity contribution in [1.82, 2.24) is 5.43 Å². The molecule has 0 atom stereocenters. The summed E-state index contributed by atoms with van der Waals surface area (Å²) in [6.07, 6.45) is 1.48. The number of esters is 1. The molecule has 0 aliphatic carbocycles. The van der Waals surface area contributed by atoms with Crippen LogP contribution in [0.5, 0.6) is 17.2 Å². The number of ether oxygens (including phenoxy) is 3. The molecule has 0 fully saturated rings. The van der Waals surface area contributed by atoms with Crippen molar-refractivity contribution in [3.8, 4) is 17.2 Å². The molecule has 0 bridgehead atoms. The van der Waals surface area contributed by atoms with E-state index >= 15 is 0 Å². The number of hydrazone groups is 1. The number of benzene rings is 5. The van der Waals surface area contributed by atoms with Gasteiger partial charge in [-0.2, -0.15) is 5.10 Å². The number of carbonyl (C=O) groups excluding carboxylic acids is 2. The van der Waals surface area contributed by atoms with Crippen LogP contribution in [-0.4, -0.2) is 25.2 Å². The van der Waals surface area contributed by atoms with Crippen LogP contribution in [0.2, 0.25) is 0 Å². The zero-order valence-corrected chi connectivity index (χ0v) is 22.7. The van der Waals surface area contributed by atoms with Crippen LogP contribution >= 0.6 is 0 Å². The molecule has 0 radical (unpaired) electrons. The van der Waals surface area contributed by atoms with Gasteiger partial charge in [0.05, 0.1) is 18.9 Å². The highest BCUT2D eigenvalue weighted by molar-refractivity contribution is 6.04. The number of fused-ring (bicyclic) bond motifs is 1. The summed E-state index contributed by atoms with van der Waals surface area (Å²) in [5, 5.41) is 5.93. The van der Waals surface area contributed by atoms with Gasteiger partial charge in [0.15, 0.2) is 0 Å². The Bertz CT molecular complexity index is 1690. The number of aryl methyl sites for hydroxylation is 1. The fourth-order valence-electron chi connectivity index (χ4n) is 4.16. The third-order valence-electron chi connectivity index (χ3n) is 6.46. The number of amides is 1. The largest absolute Gasteiger partial charge is 0.497 e. The van der Waals surface area contributed by atoms with Crippen LogP contribution in [0.4, 0.5) is 0 Å². The van der Waals surface area contributed by atoms with E-state index in [9.17, 15) is 9.59 Å². The summed E-state index contributed by atoms with van der Waals surface area (Å²) in [4.78, 5) is 25.6. The fraction of sp³-hybridized carbons (Fsp3) is 0.0882. The lowest BCUT2D eigenvalue weighted by Crippen LogP contribution is -2.17. The van der Waals surface area contributed by atoms with E-state index in [0.29, 0.717) is 40.5 Å². The lowest BCUT2D eigenvalue weighted by atomic mass is 10.0. The van der Waals surface area contributed by atoms with Crippen LogP contribution in [0.15, 0.2) is 114 Å². The van der Waals surface area contributed by atoms with Crippen molar-refractivity contribution in [2.75, 3.05) is 7.11 Å². The van der Waals surface area contributed by atoms with E-state index in [0.717, 1.165) is 16.3 Å². The van der Waals surface area contributed by atoms with Gasteiger partial charge in [0, 0.05) is 11.1 Å². The summed E-state index contributed by atoms with van der Waals surface area (Å²) in [6.45, 7) is 2.48. The summed E-state index contributed by atoms with van der Waals surface area (Å²) >= 11 is 0. The predicted octanol–water partition coefficient (Wildman–Crippen LogP) is 6.72. The molecule has 0 spiro atoms. The molecule has 1 amide bonds. The molecule has 41 heavy (non-hydrogen) atoms. The standard InChI is InChI=1S/C34H28N2O5/c1-23-7-9-24(10-8-23)22-40-29-18-11-26(12-19-29)33(37)36-35-21-31-30-6-4-3-5-25(30)15-20-32(31)41-34(38)27-13-16-28(39-2)17-14-27/h3-21H,22H2,1-2H3,(H,36,37)/b35-21-. The minimum atomic E-state index is -0.522. The summed E-state index contributed by atoms with van der Waals surface area (Å²) < 4.78 is 16.7. The Morgan fingerprint density at radius 2 is 1.46 bits per heavy atom. The average Bonchev–Trinajstić information content (AvgIpc) is 3.01. The number of hydrogen-bond donors (Lipinski definition) is 1. The van der Waals surface area contributed by atoms with Crippen molar-refractivity contribution < 1.29 is 23.8 Å². The molecular weight excluding hydrogens is 516 g/mol. The van der Waals surface area contributed by atoms with Crippen molar-refractivity contribution in [3.63, 3.8) is 0 Å². The zero-order valence-electron chi connectivity index (χ0n) is 22.7. The number of nitrogens with one attached hydrogen (secondary N) is 1. The molecule has 0 aliphatic rings. The van der Waals surface area contributed by atoms with E-state index in [-0.39, 0.29) is 5.91 Å². The first-order chi connectivity index (χ1) is 20.0. The fourth-order valence-corrected chi connectivity index (χ4v) is 4.16. The van der Waals surface area contributed by atoms with Crippen LogP contribution in [-0.2, 0) is 6.61 Å². The number of methoxy groups -OCH3 is 1. The van der Waals surface area contributed by atoms with Crippen LogP contribution in [0.3, 0.4) is 0 Å². The third-order valence-corrected chi connectivity index (χ3v) is 6.46. The molecule has 0 aliphatic heterocycles. The SMILES string of the molecule is COc1ccc(C(=O)Oc2ccc3ccccc3c2/C=N\NC(=O)c2ccc(OCc3ccc(C)cc3)cc2)cc1. The Morgan fingerprint density at radius 1 is 0.780 bits per heavy atom. The zero-order chi connectivity index (χ0) is 28.6. The molecule has 0 saturated heterocycles. The quantitative estimate of drug-likeness (QED) is 0.0964. The van der Waals surface area contributed by atoms with E-state index in [2.05, 4.69) is 10.5 Å². The molecule has 0 unspecified atom stereocenters. The van der Waals surface area contributed by atoms with Gasteiger partial charge in [-0.05, 0) is 77.9 Å². The van der Waals surface area contributed by atoms with Crippen molar-refractivity contribution in [2.24, 2.45) is 5.10 Å². The lowest BCUT2D eigenvalue weighted by Gasteiger charge is -2.11. The van der Waals surface area contributed by atoms with Crippen molar-refractivity contribution >= 4 is 28.9 Å². The Kier molecular flexibility index (Phi) is 8.35. The van der Waals surface area contributed by atoms with Crippen molar-refractivity contribution in [1.29, 1.82) is 0 Å². The highest BCUT2D eigenvalue weighted by Gasteiger charge is 2.14. The van der Waals surface area contributed by atoms with Crippen LogP contribution in [0.25, 0.3) is 10.8 Å². The minimum Gasteiger partial charge on any atom is -0.497 e. The van der Waals surface area contributed by atoms with Gasteiger partial charge in [0.2, 0.25) is 0 Å². The predicted molar refractivity (Wildman–Crippen MR) is 159 cm³/mol. The molecule has 7 heteroatoms. The highest BCUT2D eigenvalue weighted by Crippen LogP contribution is 2.28. The Morgan fingerprint density at radius 3 is 2.20 bits per heavy atom. The van der Waals surface area contributed by atoms with Gasteiger partial charge in [-0.25, -0.2) is 10.2 Å². The molecule has 0 aromatic heterocycles. The molecule has 204 valence electrons. The monoisotopic (exact) mass is 544 g/mol. The Hall–Kier alpha value is -5.43. The van der Waals surface area contributed by atoms with Gasteiger partial charge in [-0.1, -0.05) is 60.2 Å². The summed E-state index contributed by atoms with van der Waals surface area (Å²) in [5.74, 6) is 0.706. The normalized spacial score (nSPS) is 10.9. The van der Waals surface area contributed by atoms with E-state index < -0.39 is 5.97 Å². The average molecular weight is 545 g/mol. The Balaban J connectivity index is 1.27. The maximum atomic E-state index is 12.8. The maximum Gasteiger partial charge on any atom is 0.343 e. The van der Waals surface area contributed by atoms with Gasteiger partial charge in [-0.3, -0.25) is 4.79 Å². The summed E-state index contributed by atoms with van der Waals surface area (Å²) in [6, 6.07) is 32.9. The van der Waals surface area contributed by atoms with E-state index in [4.69, 9.17) is 14.2 Å². The van der Waals surface area contributed by atoms with E-state index in [1.54, 1.807) is 61.7 Å². The Labute approximate surface area is 238 Å². The van der Waals surface area contributed by atoms with Crippen molar-refractivity contribution in [3.05, 3.63) is 137 Å². The number of hydrogen-bond acceptors (Lipinski definition) is 6. The molecule has 0 heterocycles. The number of rotatable bonds is 9. The van der Waals surface area contributed by atoms with Crippen LogP contribution in [0.1, 0.15) is 37.4 Å².